The van der Waals surface area contributed by atoms with Gasteiger partial charge in [0.1, 0.15) is 0 Å². The number of piperazine rings is 1. The van der Waals surface area contributed by atoms with Gasteiger partial charge in [-0.05, 0) is 18.6 Å². The zero-order chi connectivity index (χ0) is 13.7. The minimum absolute atomic E-state index is 0.0491. The number of carbonyl (C=O) groups excluding carboxylic acids is 2. The van der Waals surface area contributed by atoms with E-state index in [4.69, 9.17) is 4.42 Å². The van der Waals surface area contributed by atoms with Crippen LogP contribution in [0.2, 0.25) is 0 Å². The molecule has 1 aromatic heterocycles. The minimum Gasteiger partial charge on any atom is -0.459 e. The molecule has 0 aromatic carbocycles. The highest BCUT2D eigenvalue weighted by Gasteiger charge is 2.25. The number of hydrogen-bond acceptors (Lipinski definition) is 3. The van der Waals surface area contributed by atoms with Crippen LogP contribution in [0.1, 0.15) is 23.9 Å². The molecule has 0 bridgehead atoms. The van der Waals surface area contributed by atoms with Crippen molar-refractivity contribution in [1.82, 2.24) is 15.1 Å². The van der Waals surface area contributed by atoms with Crippen LogP contribution in [0, 0.1) is 0 Å². The molecule has 1 N–H and O–H groups in total. The third kappa shape index (κ3) is 3.27. The first-order valence-electron chi connectivity index (χ1n) is 6.58. The minimum atomic E-state index is -0.112. The van der Waals surface area contributed by atoms with Crippen LogP contribution < -0.4 is 5.32 Å². The number of nitrogens with zero attached hydrogens (tertiary/aromatic N) is 2. The van der Waals surface area contributed by atoms with Crippen LogP contribution in [0.5, 0.6) is 0 Å². The molecule has 104 valence electrons. The molecule has 6 nitrogen and oxygen atoms in total. The molecular weight excluding hydrogens is 246 g/mol. The van der Waals surface area contributed by atoms with Gasteiger partial charge < -0.3 is 19.5 Å². The van der Waals surface area contributed by atoms with Gasteiger partial charge in [0.05, 0.1) is 6.26 Å². The highest BCUT2D eigenvalue weighted by Crippen LogP contribution is 2.09. The third-order valence-electron chi connectivity index (χ3n) is 3.11. The Balaban J connectivity index is 1.82. The summed E-state index contributed by atoms with van der Waals surface area (Å²) in [5, 5.41) is 2.84. The molecule has 1 fully saturated rings. The van der Waals surface area contributed by atoms with Gasteiger partial charge in [0, 0.05) is 32.7 Å². The van der Waals surface area contributed by atoms with Gasteiger partial charge in [-0.2, -0.15) is 0 Å². The Hall–Kier alpha value is -1.98. The SMILES string of the molecule is CCCNC(=O)N1CCN(C(=O)c2ccco2)CC1. The highest BCUT2D eigenvalue weighted by molar-refractivity contribution is 5.91. The van der Waals surface area contributed by atoms with Crippen molar-refractivity contribution in [2.45, 2.75) is 13.3 Å². The van der Waals surface area contributed by atoms with E-state index in [0.717, 1.165) is 6.42 Å². The molecule has 3 amide bonds. The van der Waals surface area contributed by atoms with Crippen molar-refractivity contribution in [2.75, 3.05) is 32.7 Å². The van der Waals surface area contributed by atoms with Crippen molar-refractivity contribution >= 4 is 11.9 Å². The van der Waals surface area contributed by atoms with E-state index < -0.39 is 0 Å². The lowest BCUT2D eigenvalue weighted by molar-refractivity contribution is 0.0634. The Bertz CT molecular complexity index is 422. The van der Waals surface area contributed by atoms with Gasteiger partial charge in [-0.1, -0.05) is 6.92 Å². The van der Waals surface area contributed by atoms with Crippen LogP contribution in [0.25, 0.3) is 0 Å². The van der Waals surface area contributed by atoms with Crippen LogP contribution >= 0.6 is 0 Å². The molecule has 1 aliphatic rings. The second-order valence-electron chi connectivity index (χ2n) is 4.49. The molecule has 0 saturated carbocycles. The van der Waals surface area contributed by atoms with E-state index in [1.54, 1.807) is 21.9 Å². The second kappa shape index (κ2) is 6.26. The molecule has 6 heteroatoms. The van der Waals surface area contributed by atoms with E-state index >= 15 is 0 Å². The summed E-state index contributed by atoms with van der Waals surface area (Å²) in [5.41, 5.74) is 0. The van der Waals surface area contributed by atoms with E-state index in [1.165, 1.54) is 6.26 Å². The van der Waals surface area contributed by atoms with Crippen molar-refractivity contribution in [1.29, 1.82) is 0 Å². The molecule has 0 aliphatic carbocycles. The molecule has 1 aliphatic heterocycles. The Morgan fingerprint density at radius 3 is 2.53 bits per heavy atom. The summed E-state index contributed by atoms with van der Waals surface area (Å²) in [6.07, 6.45) is 2.41. The lowest BCUT2D eigenvalue weighted by atomic mass is 10.3. The average Bonchev–Trinajstić information content (AvgIpc) is 2.98. The molecular formula is C13H19N3O3. The van der Waals surface area contributed by atoms with E-state index in [1.807, 2.05) is 6.92 Å². The lowest BCUT2D eigenvalue weighted by Gasteiger charge is -2.34. The summed E-state index contributed by atoms with van der Waals surface area (Å²) < 4.78 is 5.09. The fourth-order valence-corrected chi connectivity index (χ4v) is 2.01. The van der Waals surface area contributed by atoms with Crippen LogP contribution in [-0.4, -0.2) is 54.5 Å². The Kier molecular flexibility index (Phi) is 4.43. The molecule has 19 heavy (non-hydrogen) atoms. The second-order valence-corrected chi connectivity index (χ2v) is 4.49. The molecule has 2 rings (SSSR count). The van der Waals surface area contributed by atoms with E-state index in [0.29, 0.717) is 38.5 Å². The van der Waals surface area contributed by atoms with Gasteiger partial charge in [-0.3, -0.25) is 4.79 Å². The van der Waals surface area contributed by atoms with Crippen LogP contribution in [0.15, 0.2) is 22.8 Å². The van der Waals surface area contributed by atoms with Gasteiger partial charge in [0.15, 0.2) is 5.76 Å². The van der Waals surface area contributed by atoms with Crippen molar-refractivity contribution in [3.8, 4) is 0 Å². The first kappa shape index (κ1) is 13.5. The Labute approximate surface area is 112 Å². The van der Waals surface area contributed by atoms with E-state index in [-0.39, 0.29) is 11.9 Å². The summed E-state index contributed by atoms with van der Waals surface area (Å²) in [6, 6.07) is 3.30. The van der Waals surface area contributed by atoms with E-state index in [2.05, 4.69) is 5.32 Å². The predicted molar refractivity (Wildman–Crippen MR) is 69.9 cm³/mol. The fourth-order valence-electron chi connectivity index (χ4n) is 2.01. The van der Waals surface area contributed by atoms with Crippen molar-refractivity contribution in [2.24, 2.45) is 0 Å². The molecule has 1 aromatic rings. The lowest BCUT2D eigenvalue weighted by Crippen LogP contribution is -2.53. The molecule has 0 radical (unpaired) electrons. The standard InChI is InChI=1S/C13H19N3O3/c1-2-5-14-13(18)16-8-6-15(7-9-16)12(17)11-4-3-10-19-11/h3-4,10H,2,5-9H2,1H3,(H,14,18). The first-order valence-corrected chi connectivity index (χ1v) is 6.58. The first-order chi connectivity index (χ1) is 9.22. The average molecular weight is 265 g/mol. The molecule has 0 spiro atoms. The maximum Gasteiger partial charge on any atom is 0.317 e. The molecule has 2 heterocycles. The summed E-state index contributed by atoms with van der Waals surface area (Å²) in [6.45, 7) is 4.90. The third-order valence-corrected chi connectivity index (χ3v) is 3.11. The van der Waals surface area contributed by atoms with Crippen LogP contribution in [0.3, 0.4) is 0 Å². The number of amides is 3. The Morgan fingerprint density at radius 2 is 1.95 bits per heavy atom. The topological polar surface area (TPSA) is 65.8 Å². The molecule has 1 saturated heterocycles. The number of carbonyl (C=O) groups is 2. The number of furan rings is 1. The number of rotatable bonds is 3. The largest absolute Gasteiger partial charge is 0.459 e. The number of hydrogen-bond donors (Lipinski definition) is 1. The number of urea groups is 1. The maximum absolute atomic E-state index is 12.0. The quantitative estimate of drug-likeness (QED) is 0.891. The van der Waals surface area contributed by atoms with E-state index in [9.17, 15) is 9.59 Å². The van der Waals surface area contributed by atoms with Crippen LogP contribution in [0.4, 0.5) is 4.79 Å². The molecule has 0 unspecified atom stereocenters. The summed E-state index contributed by atoms with van der Waals surface area (Å²) in [5.74, 6) is 0.238. The highest BCUT2D eigenvalue weighted by atomic mass is 16.3. The summed E-state index contributed by atoms with van der Waals surface area (Å²) >= 11 is 0. The van der Waals surface area contributed by atoms with Crippen molar-refractivity contribution in [3.63, 3.8) is 0 Å². The monoisotopic (exact) mass is 265 g/mol. The number of nitrogens with one attached hydrogen (secondary N) is 1. The smallest absolute Gasteiger partial charge is 0.317 e. The zero-order valence-corrected chi connectivity index (χ0v) is 11.1. The van der Waals surface area contributed by atoms with Gasteiger partial charge >= 0.3 is 6.03 Å². The van der Waals surface area contributed by atoms with Crippen molar-refractivity contribution in [3.05, 3.63) is 24.2 Å². The normalized spacial score (nSPS) is 15.4. The maximum atomic E-state index is 12.0. The van der Waals surface area contributed by atoms with Gasteiger partial charge in [0.25, 0.3) is 5.91 Å². The summed E-state index contributed by atoms with van der Waals surface area (Å²) in [4.78, 5) is 27.2. The Morgan fingerprint density at radius 1 is 1.26 bits per heavy atom. The van der Waals surface area contributed by atoms with Gasteiger partial charge in [0.2, 0.25) is 0 Å². The van der Waals surface area contributed by atoms with Gasteiger partial charge in [-0.15, -0.1) is 0 Å². The predicted octanol–water partition coefficient (Wildman–Crippen LogP) is 1.16. The molecule has 0 atom stereocenters. The van der Waals surface area contributed by atoms with Crippen molar-refractivity contribution < 1.29 is 14.0 Å². The van der Waals surface area contributed by atoms with Crippen LogP contribution in [-0.2, 0) is 0 Å². The zero-order valence-electron chi connectivity index (χ0n) is 11.1. The van der Waals surface area contributed by atoms with Gasteiger partial charge in [-0.25, -0.2) is 4.79 Å². The summed E-state index contributed by atoms with van der Waals surface area (Å²) in [7, 11) is 0. The fraction of sp³-hybridized carbons (Fsp3) is 0.538.